The summed E-state index contributed by atoms with van der Waals surface area (Å²) in [5.41, 5.74) is 1.24. The third-order valence-corrected chi connectivity index (χ3v) is 3.51. The minimum absolute atomic E-state index is 0.110. The van der Waals surface area contributed by atoms with E-state index in [4.69, 9.17) is 16.3 Å². The number of unbranched alkanes of at least 4 members (excludes halogenated alkanes) is 1. The molecule has 0 aliphatic carbocycles. The molecule has 6 heteroatoms. The molecule has 1 aromatic heterocycles. The van der Waals surface area contributed by atoms with Crippen LogP contribution < -0.4 is 10.2 Å². The molecule has 1 N–H and O–H groups in total. The number of nitrogens with one attached hydrogen (secondary N) is 1. The van der Waals surface area contributed by atoms with Crippen molar-refractivity contribution in [2.24, 2.45) is 0 Å². The van der Waals surface area contributed by atoms with Crippen molar-refractivity contribution in [2.45, 2.75) is 25.3 Å². The Morgan fingerprint density at radius 1 is 1.65 bits per heavy atom. The first-order chi connectivity index (χ1) is 9.72. The number of anilines is 1. The van der Waals surface area contributed by atoms with Gasteiger partial charge in [0.25, 0.3) is 0 Å². The van der Waals surface area contributed by atoms with E-state index in [-0.39, 0.29) is 11.5 Å². The van der Waals surface area contributed by atoms with Gasteiger partial charge in [-0.2, -0.15) is 0 Å². The molecule has 0 saturated carbocycles. The van der Waals surface area contributed by atoms with Gasteiger partial charge >= 0.3 is 5.97 Å². The summed E-state index contributed by atoms with van der Waals surface area (Å²) in [7, 11) is 0. The molecule has 1 unspecified atom stereocenters. The lowest BCUT2D eigenvalue weighted by molar-refractivity contribution is 0.0500. The zero-order chi connectivity index (χ0) is 14.4. The summed E-state index contributed by atoms with van der Waals surface area (Å²) in [6, 6.07) is 1.84. The Morgan fingerprint density at radius 3 is 3.25 bits per heavy atom. The molecule has 2 rings (SSSR count). The predicted molar refractivity (Wildman–Crippen MR) is 79.3 cm³/mol. The SMILES string of the molecule is CCCCOC(=O)c1cnccc1N1CCNC(Cl)C1. The number of carbonyl (C=O) groups excluding carboxylic acids is 1. The molecule has 0 aromatic carbocycles. The summed E-state index contributed by atoms with van der Waals surface area (Å²) >= 11 is 6.11. The Labute approximate surface area is 124 Å². The van der Waals surface area contributed by atoms with E-state index in [1.807, 2.05) is 6.07 Å². The maximum atomic E-state index is 12.1. The van der Waals surface area contributed by atoms with Crippen LogP contribution in [0.15, 0.2) is 18.5 Å². The number of hydrogen-bond donors (Lipinski definition) is 1. The molecule has 1 atom stereocenters. The number of alkyl halides is 1. The Hall–Kier alpha value is -1.33. The lowest BCUT2D eigenvalue weighted by Crippen LogP contribution is -2.48. The molecule has 1 aliphatic heterocycles. The van der Waals surface area contributed by atoms with E-state index in [0.717, 1.165) is 31.6 Å². The van der Waals surface area contributed by atoms with Gasteiger partial charge in [0.15, 0.2) is 0 Å². The second-order valence-electron chi connectivity index (χ2n) is 4.75. The van der Waals surface area contributed by atoms with Crippen LogP contribution in [0, 0.1) is 0 Å². The molecule has 1 fully saturated rings. The fourth-order valence-electron chi connectivity index (χ4n) is 2.13. The number of halogens is 1. The first kappa shape index (κ1) is 15.1. The number of nitrogens with zero attached hydrogens (tertiary/aromatic N) is 2. The number of hydrogen-bond acceptors (Lipinski definition) is 5. The number of carbonyl (C=O) groups is 1. The van der Waals surface area contributed by atoms with Crippen LogP contribution in [0.25, 0.3) is 0 Å². The summed E-state index contributed by atoms with van der Waals surface area (Å²) in [6.07, 6.45) is 5.12. The van der Waals surface area contributed by atoms with Gasteiger partial charge < -0.3 is 9.64 Å². The molecule has 0 amide bonds. The van der Waals surface area contributed by atoms with E-state index < -0.39 is 0 Å². The minimum atomic E-state index is -0.314. The van der Waals surface area contributed by atoms with Crippen LogP contribution in [0.1, 0.15) is 30.1 Å². The Kier molecular flexibility index (Phi) is 5.61. The lowest BCUT2D eigenvalue weighted by Gasteiger charge is -2.33. The monoisotopic (exact) mass is 297 g/mol. The second-order valence-corrected chi connectivity index (χ2v) is 5.28. The lowest BCUT2D eigenvalue weighted by atomic mass is 10.2. The number of ether oxygens (including phenoxy) is 1. The first-order valence-electron chi connectivity index (χ1n) is 6.96. The third-order valence-electron chi connectivity index (χ3n) is 3.22. The highest BCUT2D eigenvalue weighted by molar-refractivity contribution is 6.20. The van der Waals surface area contributed by atoms with Gasteiger partial charge in [0.1, 0.15) is 11.1 Å². The van der Waals surface area contributed by atoms with Gasteiger partial charge in [-0.25, -0.2) is 4.79 Å². The van der Waals surface area contributed by atoms with E-state index in [1.54, 1.807) is 12.4 Å². The molecule has 0 spiro atoms. The largest absolute Gasteiger partial charge is 0.462 e. The van der Waals surface area contributed by atoms with Crippen molar-refractivity contribution in [3.63, 3.8) is 0 Å². The van der Waals surface area contributed by atoms with Gasteiger partial charge in [0.2, 0.25) is 0 Å². The van der Waals surface area contributed by atoms with Gasteiger partial charge in [-0.3, -0.25) is 10.3 Å². The highest BCUT2D eigenvalue weighted by Gasteiger charge is 2.22. The topological polar surface area (TPSA) is 54.5 Å². The molecule has 20 heavy (non-hydrogen) atoms. The van der Waals surface area contributed by atoms with E-state index >= 15 is 0 Å². The molecule has 1 aromatic rings. The van der Waals surface area contributed by atoms with Crippen molar-refractivity contribution in [3.8, 4) is 0 Å². The highest BCUT2D eigenvalue weighted by Crippen LogP contribution is 2.22. The van der Waals surface area contributed by atoms with Crippen molar-refractivity contribution >= 4 is 23.3 Å². The number of esters is 1. The molecule has 1 aliphatic rings. The van der Waals surface area contributed by atoms with Crippen LogP contribution in [0.2, 0.25) is 0 Å². The fraction of sp³-hybridized carbons (Fsp3) is 0.571. The Morgan fingerprint density at radius 2 is 2.50 bits per heavy atom. The van der Waals surface area contributed by atoms with Crippen LogP contribution in [0.5, 0.6) is 0 Å². The second kappa shape index (κ2) is 7.45. The van der Waals surface area contributed by atoms with E-state index in [0.29, 0.717) is 18.7 Å². The maximum Gasteiger partial charge on any atom is 0.341 e. The molecule has 2 heterocycles. The van der Waals surface area contributed by atoms with Crippen LogP contribution in [-0.2, 0) is 4.74 Å². The summed E-state index contributed by atoms with van der Waals surface area (Å²) in [5, 5.41) is 3.16. The Balaban J connectivity index is 2.11. The van der Waals surface area contributed by atoms with Gasteiger partial charge in [-0.15, -0.1) is 11.6 Å². The number of aromatic nitrogens is 1. The quantitative estimate of drug-likeness (QED) is 0.390. The predicted octanol–water partition coefficient (Wildman–Crippen LogP) is 2.01. The average Bonchev–Trinajstić information content (AvgIpc) is 2.47. The molecular weight excluding hydrogens is 278 g/mol. The fourth-order valence-corrected chi connectivity index (χ4v) is 2.41. The molecular formula is C14H20ClN3O2. The summed E-state index contributed by atoms with van der Waals surface area (Å²) in [4.78, 5) is 18.2. The smallest absolute Gasteiger partial charge is 0.341 e. The Bertz CT molecular complexity index is 456. The number of piperazine rings is 1. The van der Waals surface area contributed by atoms with Crippen molar-refractivity contribution in [3.05, 3.63) is 24.0 Å². The van der Waals surface area contributed by atoms with E-state index in [2.05, 4.69) is 22.1 Å². The third kappa shape index (κ3) is 3.84. The molecule has 0 radical (unpaired) electrons. The van der Waals surface area contributed by atoms with Crippen LogP contribution >= 0.6 is 11.6 Å². The summed E-state index contributed by atoms with van der Waals surface area (Å²) < 4.78 is 5.27. The summed E-state index contributed by atoms with van der Waals surface area (Å²) in [6.45, 7) is 4.76. The zero-order valence-corrected chi connectivity index (χ0v) is 12.4. The van der Waals surface area contributed by atoms with Gasteiger partial charge in [-0.1, -0.05) is 13.3 Å². The molecule has 5 nitrogen and oxygen atoms in total. The van der Waals surface area contributed by atoms with Crippen molar-refractivity contribution in [2.75, 3.05) is 31.1 Å². The normalized spacial score (nSPS) is 18.9. The highest BCUT2D eigenvalue weighted by atomic mass is 35.5. The molecule has 110 valence electrons. The minimum Gasteiger partial charge on any atom is -0.462 e. The first-order valence-corrected chi connectivity index (χ1v) is 7.39. The van der Waals surface area contributed by atoms with Gasteiger partial charge in [-0.05, 0) is 12.5 Å². The van der Waals surface area contributed by atoms with Crippen LogP contribution in [-0.4, -0.2) is 42.7 Å². The standard InChI is InChI=1S/C14H20ClN3O2/c1-2-3-8-20-14(19)11-9-16-5-4-12(11)18-7-6-17-13(15)10-18/h4-5,9,13,17H,2-3,6-8,10H2,1H3. The molecule has 1 saturated heterocycles. The van der Waals surface area contributed by atoms with Gasteiger partial charge in [0, 0.05) is 32.0 Å². The maximum absolute atomic E-state index is 12.1. The van der Waals surface area contributed by atoms with Crippen molar-refractivity contribution in [1.29, 1.82) is 0 Å². The van der Waals surface area contributed by atoms with Crippen molar-refractivity contribution < 1.29 is 9.53 Å². The van der Waals surface area contributed by atoms with Crippen LogP contribution in [0.3, 0.4) is 0 Å². The molecule has 0 bridgehead atoms. The average molecular weight is 298 g/mol. The van der Waals surface area contributed by atoms with Gasteiger partial charge in [0.05, 0.1) is 12.3 Å². The number of rotatable bonds is 5. The number of pyridine rings is 1. The van der Waals surface area contributed by atoms with E-state index in [1.165, 1.54) is 0 Å². The van der Waals surface area contributed by atoms with Crippen molar-refractivity contribution in [1.82, 2.24) is 10.3 Å². The zero-order valence-electron chi connectivity index (χ0n) is 11.6. The van der Waals surface area contributed by atoms with Crippen LogP contribution in [0.4, 0.5) is 5.69 Å². The van der Waals surface area contributed by atoms with E-state index in [9.17, 15) is 4.79 Å². The summed E-state index contributed by atoms with van der Waals surface area (Å²) in [5.74, 6) is -0.314.